The van der Waals surface area contributed by atoms with Gasteiger partial charge in [-0.2, -0.15) is 5.26 Å². The van der Waals surface area contributed by atoms with E-state index in [0.717, 1.165) is 50.0 Å². The van der Waals surface area contributed by atoms with Crippen molar-refractivity contribution in [1.82, 2.24) is 9.88 Å². The summed E-state index contributed by atoms with van der Waals surface area (Å²) in [7, 11) is -3.25. The number of anilines is 1. The van der Waals surface area contributed by atoms with E-state index in [4.69, 9.17) is 10.2 Å². The maximum Gasteiger partial charge on any atom is 0.230 e. The molecule has 0 saturated heterocycles. The topological polar surface area (TPSA) is 103 Å². The highest BCUT2D eigenvalue weighted by atomic mass is 32.2. The molecule has 1 fully saturated rings. The van der Waals surface area contributed by atoms with E-state index in [-0.39, 0.29) is 34.9 Å². The third kappa shape index (κ3) is 5.93. The lowest BCUT2D eigenvalue weighted by Gasteiger charge is -2.33. The van der Waals surface area contributed by atoms with Crippen LogP contribution in [0.5, 0.6) is 0 Å². The molecule has 0 spiro atoms. The van der Waals surface area contributed by atoms with Gasteiger partial charge in [-0.3, -0.25) is 9.69 Å². The highest BCUT2D eigenvalue weighted by molar-refractivity contribution is 7.91. The molecule has 1 N–H and O–H groups in total. The van der Waals surface area contributed by atoms with Crippen molar-refractivity contribution < 1.29 is 13.2 Å². The number of thiazole rings is 1. The van der Waals surface area contributed by atoms with E-state index < -0.39 is 9.84 Å². The van der Waals surface area contributed by atoms with Gasteiger partial charge >= 0.3 is 0 Å². The molecule has 0 bridgehead atoms. The first kappa shape index (κ1) is 25.8. The number of aromatic nitrogens is 1. The zero-order valence-electron chi connectivity index (χ0n) is 20.7. The van der Waals surface area contributed by atoms with Gasteiger partial charge < -0.3 is 5.32 Å². The SMILES string of the molecule is CCS(=O)(=O)c1ccc(CC(=O)Nc2nc3c(s2)CN(C[C@H]2CC[C@H](C#N)CC2)C3C(C)C)cc1. The van der Waals surface area contributed by atoms with Crippen LogP contribution in [0.3, 0.4) is 0 Å². The summed E-state index contributed by atoms with van der Waals surface area (Å²) in [5.74, 6) is 1.17. The molecule has 1 saturated carbocycles. The molecule has 4 rings (SSSR count). The Morgan fingerprint density at radius 3 is 2.51 bits per heavy atom. The third-order valence-electron chi connectivity index (χ3n) is 7.17. The summed E-state index contributed by atoms with van der Waals surface area (Å²) < 4.78 is 24.0. The Hall–Kier alpha value is -2.28. The molecule has 7 nitrogen and oxygen atoms in total. The summed E-state index contributed by atoms with van der Waals surface area (Å²) in [6.45, 7) is 7.96. The van der Waals surface area contributed by atoms with Crippen LogP contribution < -0.4 is 5.32 Å². The number of benzene rings is 1. The lowest BCUT2D eigenvalue weighted by Crippen LogP contribution is -2.33. The highest BCUT2D eigenvalue weighted by Crippen LogP contribution is 2.43. The first-order valence-electron chi connectivity index (χ1n) is 12.4. The van der Waals surface area contributed by atoms with Gasteiger partial charge in [0.2, 0.25) is 5.91 Å². The van der Waals surface area contributed by atoms with Crippen molar-refractivity contribution in [1.29, 1.82) is 5.26 Å². The molecule has 1 atom stereocenters. The Balaban J connectivity index is 1.37. The first-order valence-corrected chi connectivity index (χ1v) is 14.9. The van der Waals surface area contributed by atoms with E-state index >= 15 is 0 Å². The predicted octanol–water partition coefficient (Wildman–Crippen LogP) is 4.96. The number of rotatable bonds is 8. The molecule has 0 radical (unpaired) electrons. The molecule has 35 heavy (non-hydrogen) atoms. The van der Waals surface area contributed by atoms with Gasteiger partial charge in [-0.25, -0.2) is 13.4 Å². The number of nitrogens with zero attached hydrogens (tertiary/aromatic N) is 3. The van der Waals surface area contributed by atoms with Crippen molar-refractivity contribution in [3.8, 4) is 6.07 Å². The van der Waals surface area contributed by atoms with Crippen LogP contribution in [0, 0.1) is 29.1 Å². The highest BCUT2D eigenvalue weighted by Gasteiger charge is 2.37. The van der Waals surface area contributed by atoms with Crippen LogP contribution in [0.25, 0.3) is 0 Å². The number of hydrogen-bond acceptors (Lipinski definition) is 7. The van der Waals surface area contributed by atoms with Crippen molar-refractivity contribution >= 4 is 32.2 Å². The van der Waals surface area contributed by atoms with Crippen LogP contribution in [0.2, 0.25) is 0 Å². The molecular formula is C26H34N4O3S2. The lowest BCUT2D eigenvalue weighted by atomic mass is 9.82. The molecule has 1 aliphatic carbocycles. The Kier molecular flexibility index (Phi) is 7.94. The Morgan fingerprint density at radius 1 is 1.23 bits per heavy atom. The fraction of sp³-hybridized carbons (Fsp3) is 0.577. The van der Waals surface area contributed by atoms with E-state index in [1.165, 1.54) is 4.88 Å². The Morgan fingerprint density at radius 2 is 1.91 bits per heavy atom. The average molecular weight is 515 g/mol. The summed E-state index contributed by atoms with van der Waals surface area (Å²) in [5, 5.41) is 12.7. The van der Waals surface area contributed by atoms with E-state index in [9.17, 15) is 13.2 Å². The lowest BCUT2D eigenvalue weighted by molar-refractivity contribution is -0.115. The van der Waals surface area contributed by atoms with Crippen molar-refractivity contribution in [2.45, 2.75) is 70.4 Å². The van der Waals surface area contributed by atoms with E-state index in [1.54, 1.807) is 42.5 Å². The summed E-state index contributed by atoms with van der Waals surface area (Å²) in [5.41, 5.74) is 1.85. The number of hydrogen-bond donors (Lipinski definition) is 1. The van der Waals surface area contributed by atoms with Crippen molar-refractivity contribution in [3.63, 3.8) is 0 Å². The van der Waals surface area contributed by atoms with Crippen LogP contribution in [0.4, 0.5) is 5.13 Å². The van der Waals surface area contributed by atoms with Gasteiger partial charge in [-0.15, -0.1) is 11.3 Å². The maximum atomic E-state index is 12.6. The van der Waals surface area contributed by atoms with Crippen LogP contribution in [-0.2, 0) is 27.6 Å². The van der Waals surface area contributed by atoms with Crippen molar-refractivity contribution in [3.05, 3.63) is 40.4 Å². The molecule has 1 aromatic carbocycles. The molecule has 2 aromatic rings. The summed E-state index contributed by atoms with van der Waals surface area (Å²) in [6.07, 6.45) is 4.42. The molecular weight excluding hydrogens is 480 g/mol. The number of sulfone groups is 1. The average Bonchev–Trinajstić information content (AvgIpc) is 3.36. The number of carbonyl (C=O) groups excluding carboxylic acids is 1. The van der Waals surface area contributed by atoms with Gasteiger partial charge in [0.25, 0.3) is 0 Å². The second-order valence-corrected chi connectivity index (χ2v) is 13.4. The summed E-state index contributed by atoms with van der Waals surface area (Å²) in [4.78, 5) is 21.5. The van der Waals surface area contributed by atoms with E-state index in [2.05, 4.69) is 30.1 Å². The van der Waals surface area contributed by atoms with Crippen LogP contribution in [0.15, 0.2) is 29.2 Å². The number of nitrogens with one attached hydrogen (secondary N) is 1. The van der Waals surface area contributed by atoms with Gasteiger partial charge in [-0.05, 0) is 55.2 Å². The Labute approximate surface area is 212 Å². The van der Waals surface area contributed by atoms with E-state index in [0.29, 0.717) is 17.0 Å². The largest absolute Gasteiger partial charge is 0.302 e. The standard InChI is InChI=1S/C26H34N4O3S2/c1-4-35(32,33)21-11-9-18(10-12-21)13-23(31)28-26-29-24-22(34-26)16-30(25(24)17(2)3)15-20-7-5-19(14-27)6-8-20/h9-12,17,19-20,25H,4-8,13,15-16H2,1-3H3,(H,28,29,31)/t19-,20-,25?. The summed E-state index contributed by atoms with van der Waals surface area (Å²) in [6, 6.07) is 9.18. The maximum absolute atomic E-state index is 12.6. The minimum absolute atomic E-state index is 0.0542. The van der Waals surface area contributed by atoms with Gasteiger partial charge in [0.05, 0.1) is 34.9 Å². The molecule has 188 valence electrons. The van der Waals surface area contributed by atoms with Gasteiger partial charge in [0.1, 0.15) is 0 Å². The number of amides is 1. The number of fused-ring (bicyclic) bond motifs is 1. The molecule has 1 aromatic heterocycles. The predicted molar refractivity (Wildman–Crippen MR) is 138 cm³/mol. The molecule has 1 unspecified atom stereocenters. The number of carbonyl (C=O) groups is 1. The first-order chi connectivity index (χ1) is 16.7. The smallest absolute Gasteiger partial charge is 0.230 e. The zero-order valence-corrected chi connectivity index (χ0v) is 22.3. The quantitative estimate of drug-likeness (QED) is 0.534. The Bertz CT molecular complexity index is 1190. The minimum atomic E-state index is -3.25. The van der Waals surface area contributed by atoms with Gasteiger partial charge in [0, 0.05) is 23.9 Å². The second-order valence-electron chi connectivity index (χ2n) is 10.1. The molecule has 2 aliphatic rings. The second kappa shape index (κ2) is 10.8. The van der Waals surface area contributed by atoms with Crippen molar-refractivity contribution in [2.75, 3.05) is 17.6 Å². The van der Waals surface area contributed by atoms with Crippen molar-refractivity contribution in [2.24, 2.45) is 17.8 Å². The molecule has 2 heterocycles. The van der Waals surface area contributed by atoms with Crippen LogP contribution in [0.1, 0.15) is 68.6 Å². The van der Waals surface area contributed by atoms with Gasteiger partial charge in [0.15, 0.2) is 15.0 Å². The monoisotopic (exact) mass is 514 g/mol. The summed E-state index contributed by atoms with van der Waals surface area (Å²) >= 11 is 1.55. The molecule has 1 aliphatic heterocycles. The van der Waals surface area contributed by atoms with Crippen LogP contribution >= 0.6 is 11.3 Å². The molecule has 9 heteroatoms. The third-order valence-corrected chi connectivity index (χ3v) is 9.90. The molecule has 1 amide bonds. The number of nitriles is 1. The normalized spacial score (nSPS) is 22.7. The zero-order chi connectivity index (χ0) is 25.2. The van der Waals surface area contributed by atoms with Crippen LogP contribution in [-0.4, -0.2) is 36.5 Å². The fourth-order valence-electron chi connectivity index (χ4n) is 5.27. The minimum Gasteiger partial charge on any atom is -0.302 e. The van der Waals surface area contributed by atoms with E-state index in [1.807, 2.05) is 0 Å². The fourth-order valence-corrected chi connectivity index (χ4v) is 7.20. The van der Waals surface area contributed by atoms with Gasteiger partial charge in [-0.1, -0.05) is 32.9 Å².